The van der Waals surface area contributed by atoms with E-state index in [1.54, 1.807) is 23.4 Å². The van der Waals surface area contributed by atoms with Crippen molar-refractivity contribution < 1.29 is 14.0 Å². The lowest BCUT2D eigenvalue weighted by Crippen LogP contribution is -2.61. The first-order valence-corrected chi connectivity index (χ1v) is 11.2. The molecule has 0 aliphatic carbocycles. The average Bonchev–Trinajstić information content (AvgIpc) is 3.44. The first kappa shape index (κ1) is 21.0. The first-order valence-electron chi connectivity index (χ1n) is 10.4. The van der Waals surface area contributed by atoms with E-state index in [4.69, 9.17) is 4.42 Å². The molecule has 0 saturated carbocycles. The molecule has 5 rings (SSSR count). The standard InChI is InChI=1S/C22H21N7O3S/c1-12(14-4-3-6-23-8-14)24-22-27-17(18-19(28-22)25-13(2)33-18)21(31)29-9-16(10-29)26-20(30)15-5-7-32-11-15/h3-8,11-12,16H,9-10H2,1-2H3,(H,26,30)(H,24,27,28)/t12-/m0/s1. The molecular weight excluding hydrogens is 442 g/mol. The van der Waals surface area contributed by atoms with Crippen molar-refractivity contribution in [3.8, 4) is 0 Å². The van der Waals surface area contributed by atoms with Gasteiger partial charge in [-0.3, -0.25) is 14.6 Å². The highest BCUT2D eigenvalue weighted by Crippen LogP contribution is 2.27. The molecule has 1 aliphatic heterocycles. The molecule has 2 N–H and O–H groups in total. The van der Waals surface area contributed by atoms with Crippen molar-refractivity contribution >= 4 is 39.4 Å². The first-order chi connectivity index (χ1) is 16.0. The summed E-state index contributed by atoms with van der Waals surface area (Å²) in [5.41, 5.74) is 2.23. The maximum atomic E-state index is 13.3. The number of hydrogen-bond donors (Lipinski definition) is 2. The lowest BCUT2D eigenvalue weighted by Gasteiger charge is -2.39. The van der Waals surface area contributed by atoms with Crippen molar-refractivity contribution in [3.05, 3.63) is 64.9 Å². The van der Waals surface area contributed by atoms with Crippen molar-refractivity contribution in [2.75, 3.05) is 18.4 Å². The number of aromatic nitrogens is 4. The molecule has 0 spiro atoms. The van der Waals surface area contributed by atoms with Gasteiger partial charge in [0.1, 0.15) is 11.0 Å². The van der Waals surface area contributed by atoms with E-state index < -0.39 is 0 Å². The molecule has 1 aliphatic rings. The predicted molar refractivity (Wildman–Crippen MR) is 122 cm³/mol. The second-order valence-electron chi connectivity index (χ2n) is 7.83. The Morgan fingerprint density at radius 1 is 1.24 bits per heavy atom. The van der Waals surface area contributed by atoms with Gasteiger partial charge in [-0.2, -0.15) is 4.98 Å². The second kappa shape index (κ2) is 8.58. The number of carbonyl (C=O) groups is 2. The fourth-order valence-corrected chi connectivity index (χ4v) is 4.43. The average molecular weight is 464 g/mol. The van der Waals surface area contributed by atoms with E-state index in [9.17, 15) is 9.59 Å². The van der Waals surface area contributed by atoms with E-state index >= 15 is 0 Å². The molecule has 11 heteroatoms. The molecule has 1 atom stereocenters. The minimum Gasteiger partial charge on any atom is -0.472 e. The summed E-state index contributed by atoms with van der Waals surface area (Å²) in [4.78, 5) is 44.8. The van der Waals surface area contributed by atoms with E-state index in [2.05, 4.69) is 30.6 Å². The third kappa shape index (κ3) is 4.27. The number of thiazole rings is 1. The summed E-state index contributed by atoms with van der Waals surface area (Å²) in [5.74, 6) is -0.103. The van der Waals surface area contributed by atoms with Gasteiger partial charge in [-0.1, -0.05) is 6.07 Å². The second-order valence-corrected chi connectivity index (χ2v) is 9.03. The van der Waals surface area contributed by atoms with Gasteiger partial charge in [-0.05, 0) is 31.5 Å². The number of pyridine rings is 1. The predicted octanol–water partition coefficient (Wildman–Crippen LogP) is 2.81. The molecule has 0 aromatic carbocycles. The Balaban J connectivity index is 1.33. The SMILES string of the molecule is Cc1nc2nc(N[C@@H](C)c3cccnc3)nc(C(=O)N3CC(NC(=O)c4ccoc4)C3)c2s1. The molecule has 2 amide bonds. The lowest BCUT2D eigenvalue weighted by atomic mass is 10.1. The molecule has 1 fully saturated rings. The van der Waals surface area contributed by atoms with Crippen LogP contribution in [-0.2, 0) is 0 Å². The van der Waals surface area contributed by atoms with Crippen LogP contribution in [0.25, 0.3) is 10.3 Å². The number of nitrogens with zero attached hydrogens (tertiary/aromatic N) is 5. The van der Waals surface area contributed by atoms with Crippen molar-refractivity contribution in [1.29, 1.82) is 0 Å². The largest absolute Gasteiger partial charge is 0.472 e. The summed E-state index contributed by atoms with van der Waals surface area (Å²) in [7, 11) is 0. The quantitative estimate of drug-likeness (QED) is 0.447. The Bertz CT molecular complexity index is 1300. The van der Waals surface area contributed by atoms with Gasteiger partial charge in [0.05, 0.1) is 28.9 Å². The van der Waals surface area contributed by atoms with Gasteiger partial charge in [0, 0.05) is 25.5 Å². The van der Waals surface area contributed by atoms with Crippen LogP contribution in [0.5, 0.6) is 0 Å². The van der Waals surface area contributed by atoms with E-state index in [1.165, 1.54) is 23.9 Å². The van der Waals surface area contributed by atoms with Crippen molar-refractivity contribution in [2.45, 2.75) is 25.9 Å². The fraction of sp³-hybridized carbons (Fsp3) is 0.273. The van der Waals surface area contributed by atoms with Gasteiger partial charge in [0.15, 0.2) is 11.3 Å². The zero-order valence-electron chi connectivity index (χ0n) is 18.0. The number of fused-ring (bicyclic) bond motifs is 1. The minimum absolute atomic E-state index is 0.106. The van der Waals surface area contributed by atoms with Crippen LogP contribution in [-0.4, -0.2) is 55.8 Å². The zero-order chi connectivity index (χ0) is 22.9. The van der Waals surface area contributed by atoms with Crippen molar-refractivity contribution in [2.24, 2.45) is 0 Å². The third-order valence-electron chi connectivity index (χ3n) is 5.38. The molecule has 10 nitrogen and oxygen atoms in total. The summed E-state index contributed by atoms with van der Waals surface area (Å²) >= 11 is 1.39. The van der Waals surface area contributed by atoms with Gasteiger partial charge in [0.25, 0.3) is 11.8 Å². The van der Waals surface area contributed by atoms with Crippen molar-refractivity contribution in [1.82, 2.24) is 30.2 Å². The van der Waals surface area contributed by atoms with E-state index in [0.717, 1.165) is 10.6 Å². The maximum Gasteiger partial charge on any atom is 0.274 e. The van der Waals surface area contributed by atoms with E-state index in [0.29, 0.717) is 40.6 Å². The van der Waals surface area contributed by atoms with Crippen LogP contribution in [0.4, 0.5) is 5.95 Å². The Morgan fingerprint density at radius 2 is 2.09 bits per heavy atom. The molecule has 1 saturated heterocycles. The monoisotopic (exact) mass is 463 g/mol. The highest BCUT2D eigenvalue weighted by Gasteiger charge is 2.34. The fourth-order valence-electron chi connectivity index (χ4n) is 3.59. The molecule has 0 unspecified atom stereocenters. The smallest absolute Gasteiger partial charge is 0.274 e. The van der Waals surface area contributed by atoms with E-state index in [-0.39, 0.29) is 23.9 Å². The number of rotatable bonds is 6. The number of furan rings is 1. The van der Waals surface area contributed by atoms with Crippen molar-refractivity contribution in [3.63, 3.8) is 0 Å². The number of carbonyl (C=O) groups excluding carboxylic acids is 2. The molecule has 168 valence electrons. The number of hydrogen-bond acceptors (Lipinski definition) is 9. The Labute approximate surface area is 193 Å². The number of aryl methyl sites for hydroxylation is 1. The zero-order valence-corrected chi connectivity index (χ0v) is 18.8. The number of nitrogens with one attached hydrogen (secondary N) is 2. The molecule has 5 heterocycles. The maximum absolute atomic E-state index is 13.3. The summed E-state index contributed by atoms with van der Waals surface area (Å²) in [6, 6.07) is 5.19. The number of amides is 2. The van der Waals surface area contributed by atoms with Crippen LogP contribution in [0.3, 0.4) is 0 Å². The molecule has 4 aromatic rings. The van der Waals surface area contributed by atoms with Gasteiger partial charge < -0.3 is 20.0 Å². The van der Waals surface area contributed by atoms with Gasteiger partial charge >= 0.3 is 0 Å². The summed E-state index contributed by atoms with van der Waals surface area (Å²) < 4.78 is 5.60. The lowest BCUT2D eigenvalue weighted by molar-refractivity contribution is 0.0539. The van der Waals surface area contributed by atoms with Gasteiger partial charge in [0.2, 0.25) is 5.95 Å². The van der Waals surface area contributed by atoms with Crippen LogP contribution in [0, 0.1) is 6.92 Å². The highest BCUT2D eigenvalue weighted by atomic mass is 32.1. The van der Waals surface area contributed by atoms with E-state index in [1.807, 2.05) is 26.0 Å². The number of anilines is 1. The molecule has 33 heavy (non-hydrogen) atoms. The van der Waals surface area contributed by atoms with Gasteiger partial charge in [-0.15, -0.1) is 11.3 Å². The Kier molecular flexibility index (Phi) is 5.47. The summed E-state index contributed by atoms with van der Waals surface area (Å²) in [6.45, 7) is 4.65. The van der Waals surface area contributed by atoms with Crippen LogP contribution in [0.1, 0.15) is 44.4 Å². The third-order valence-corrected chi connectivity index (χ3v) is 6.35. The molecule has 0 radical (unpaired) electrons. The van der Waals surface area contributed by atoms with Gasteiger partial charge in [-0.25, -0.2) is 9.97 Å². The summed E-state index contributed by atoms with van der Waals surface area (Å²) in [5, 5.41) is 6.95. The molecule has 4 aromatic heterocycles. The van der Waals surface area contributed by atoms with Crippen LogP contribution >= 0.6 is 11.3 Å². The molecule has 0 bridgehead atoms. The number of likely N-dealkylation sites (tertiary alicyclic amines) is 1. The van der Waals surface area contributed by atoms with Crippen LogP contribution < -0.4 is 10.6 Å². The normalized spacial score (nSPS) is 14.7. The Hall–Kier alpha value is -3.86. The van der Waals surface area contributed by atoms with Crippen LogP contribution in [0.15, 0.2) is 47.5 Å². The molecular formula is C22H21N7O3S. The highest BCUT2D eigenvalue weighted by molar-refractivity contribution is 7.18. The topological polar surface area (TPSA) is 126 Å². The summed E-state index contributed by atoms with van der Waals surface area (Å²) in [6.07, 6.45) is 6.32. The minimum atomic E-state index is -0.223. The van der Waals surface area contributed by atoms with Crippen LogP contribution in [0.2, 0.25) is 0 Å². The Morgan fingerprint density at radius 3 is 2.82 bits per heavy atom.